The number of likely N-dealkylation sites (N-methyl/N-ethyl adjacent to an activating group) is 1. The van der Waals surface area contributed by atoms with Gasteiger partial charge in [-0.05, 0) is 64.3 Å². The first-order valence-electron chi connectivity index (χ1n) is 7.54. The van der Waals surface area contributed by atoms with Crippen LogP contribution in [-0.2, 0) is 4.79 Å². The summed E-state index contributed by atoms with van der Waals surface area (Å²) in [6, 6.07) is 7.76. The highest BCUT2D eigenvalue weighted by atomic mass is 32.1. The van der Waals surface area contributed by atoms with Crippen molar-refractivity contribution in [3.8, 4) is 0 Å². The molecular weight excluding hydrogens is 296 g/mol. The zero-order valence-corrected chi connectivity index (χ0v) is 14.0. The molecule has 6 heteroatoms. The number of carbonyl (C=O) groups is 1. The van der Waals surface area contributed by atoms with Gasteiger partial charge in [-0.15, -0.1) is 0 Å². The minimum atomic E-state index is 0.00417. The van der Waals surface area contributed by atoms with Gasteiger partial charge in [0.2, 0.25) is 5.91 Å². The van der Waals surface area contributed by atoms with Crippen LogP contribution < -0.4 is 11.1 Å². The van der Waals surface area contributed by atoms with E-state index in [1.54, 1.807) is 0 Å². The third-order valence-corrected chi connectivity index (χ3v) is 4.39. The minimum absolute atomic E-state index is 0.00417. The van der Waals surface area contributed by atoms with Crippen LogP contribution in [0.3, 0.4) is 0 Å². The lowest BCUT2D eigenvalue weighted by Gasteiger charge is -2.34. The molecule has 5 nitrogen and oxygen atoms in total. The number of likely N-dealkylation sites (tertiary alicyclic amines) is 1. The van der Waals surface area contributed by atoms with E-state index in [0.29, 0.717) is 17.6 Å². The Labute approximate surface area is 137 Å². The number of anilines is 1. The van der Waals surface area contributed by atoms with E-state index in [0.717, 1.165) is 37.2 Å². The van der Waals surface area contributed by atoms with Gasteiger partial charge in [-0.2, -0.15) is 0 Å². The summed E-state index contributed by atoms with van der Waals surface area (Å²) in [6.07, 6.45) is 2.23. The Morgan fingerprint density at radius 3 is 2.50 bits per heavy atom. The van der Waals surface area contributed by atoms with Crippen LogP contribution in [0.25, 0.3) is 0 Å². The van der Waals surface area contributed by atoms with Crippen LogP contribution in [0.1, 0.15) is 18.4 Å². The molecule has 3 N–H and O–H groups in total. The maximum Gasteiger partial charge on any atom is 0.238 e. The summed E-state index contributed by atoms with van der Waals surface area (Å²) in [5.41, 5.74) is 7.13. The third-order valence-electron chi connectivity index (χ3n) is 4.16. The van der Waals surface area contributed by atoms with Crippen molar-refractivity contribution in [3.05, 3.63) is 29.8 Å². The molecule has 1 aromatic carbocycles. The van der Waals surface area contributed by atoms with Gasteiger partial charge < -0.3 is 16.0 Å². The van der Waals surface area contributed by atoms with Crippen LogP contribution in [0, 0.1) is 0 Å². The van der Waals surface area contributed by atoms with Gasteiger partial charge in [0.1, 0.15) is 4.99 Å². The summed E-state index contributed by atoms with van der Waals surface area (Å²) >= 11 is 4.91. The van der Waals surface area contributed by atoms with Crippen molar-refractivity contribution in [1.82, 2.24) is 9.80 Å². The number of nitrogens with zero attached hydrogens (tertiary/aromatic N) is 2. The molecule has 0 spiro atoms. The number of thiocarbonyl (C=S) groups is 1. The van der Waals surface area contributed by atoms with Crippen LogP contribution >= 0.6 is 12.2 Å². The molecular formula is C16H24N4OS. The van der Waals surface area contributed by atoms with Gasteiger partial charge in [0.25, 0.3) is 0 Å². The monoisotopic (exact) mass is 320 g/mol. The van der Waals surface area contributed by atoms with E-state index in [4.69, 9.17) is 18.0 Å². The van der Waals surface area contributed by atoms with Crippen molar-refractivity contribution < 1.29 is 4.79 Å². The first-order valence-corrected chi connectivity index (χ1v) is 7.95. The van der Waals surface area contributed by atoms with E-state index in [2.05, 4.69) is 22.2 Å². The maximum absolute atomic E-state index is 12.1. The zero-order valence-electron chi connectivity index (χ0n) is 13.2. The van der Waals surface area contributed by atoms with Crippen LogP contribution in [-0.4, -0.2) is 60.5 Å². The molecule has 0 saturated carbocycles. The number of amides is 1. The number of hydrogen-bond acceptors (Lipinski definition) is 4. The molecule has 1 amide bonds. The number of benzene rings is 1. The number of carbonyl (C=O) groups excluding carboxylic acids is 1. The SMILES string of the molecule is CN1CCC(N(C)CC(=O)Nc2ccc(C(N)=S)cc2)CC1. The molecule has 120 valence electrons. The molecule has 0 radical (unpaired) electrons. The van der Waals surface area contributed by atoms with Gasteiger partial charge in [0, 0.05) is 17.3 Å². The van der Waals surface area contributed by atoms with Crippen molar-refractivity contribution in [2.24, 2.45) is 5.73 Å². The van der Waals surface area contributed by atoms with Crippen molar-refractivity contribution in [3.63, 3.8) is 0 Å². The minimum Gasteiger partial charge on any atom is -0.389 e. The fourth-order valence-corrected chi connectivity index (χ4v) is 2.85. The standard InChI is InChI=1S/C16H24N4OS/c1-19-9-7-14(8-10-19)20(2)11-15(21)18-13-5-3-12(4-6-13)16(17)22/h3-6,14H,7-11H2,1-2H3,(H2,17,22)(H,18,21). The molecule has 0 unspecified atom stereocenters. The third kappa shape index (κ3) is 4.76. The predicted molar refractivity (Wildman–Crippen MR) is 94.1 cm³/mol. The first kappa shape index (κ1) is 16.9. The van der Waals surface area contributed by atoms with Gasteiger partial charge in [-0.25, -0.2) is 0 Å². The molecule has 0 bridgehead atoms. The lowest BCUT2D eigenvalue weighted by molar-refractivity contribution is -0.117. The van der Waals surface area contributed by atoms with Crippen molar-refractivity contribution in [2.75, 3.05) is 39.0 Å². The van der Waals surface area contributed by atoms with E-state index < -0.39 is 0 Å². The number of nitrogens with one attached hydrogen (secondary N) is 1. The Morgan fingerprint density at radius 1 is 1.36 bits per heavy atom. The van der Waals surface area contributed by atoms with Crippen LogP contribution in [0.5, 0.6) is 0 Å². The Hall–Kier alpha value is -1.50. The van der Waals surface area contributed by atoms with Crippen molar-refractivity contribution in [1.29, 1.82) is 0 Å². The molecule has 1 aromatic rings. The summed E-state index contributed by atoms with van der Waals surface area (Å²) < 4.78 is 0. The lowest BCUT2D eigenvalue weighted by Crippen LogP contribution is -2.44. The van der Waals surface area contributed by atoms with Crippen molar-refractivity contribution >= 4 is 28.8 Å². The molecule has 2 rings (SSSR count). The summed E-state index contributed by atoms with van der Waals surface area (Å²) in [7, 11) is 4.16. The highest BCUT2D eigenvalue weighted by Gasteiger charge is 2.21. The number of piperidine rings is 1. The van der Waals surface area contributed by atoms with Gasteiger partial charge >= 0.3 is 0 Å². The molecule has 22 heavy (non-hydrogen) atoms. The number of nitrogens with two attached hydrogens (primary N) is 1. The largest absolute Gasteiger partial charge is 0.389 e. The van der Waals surface area contributed by atoms with Crippen LogP contribution in [0.15, 0.2) is 24.3 Å². The second kappa shape index (κ2) is 7.67. The maximum atomic E-state index is 12.1. The zero-order chi connectivity index (χ0) is 16.1. The van der Waals surface area contributed by atoms with E-state index in [-0.39, 0.29) is 5.91 Å². The molecule has 0 aliphatic carbocycles. The van der Waals surface area contributed by atoms with Crippen LogP contribution in [0.2, 0.25) is 0 Å². The topological polar surface area (TPSA) is 61.6 Å². The highest BCUT2D eigenvalue weighted by Crippen LogP contribution is 2.14. The summed E-state index contributed by atoms with van der Waals surface area (Å²) in [5, 5.41) is 2.91. The van der Waals surface area contributed by atoms with Gasteiger partial charge in [0.05, 0.1) is 6.54 Å². The number of hydrogen-bond donors (Lipinski definition) is 2. The highest BCUT2D eigenvalue weighted by molar-refractivity contribution is 7.80. The molecule has 1 aliphatic rings. The fraction of sp³-hybridized carbons (Fsp3) is 0.500. The molecule has 0 atom stereocenters. The summed E-state index contributed by atoms with van der Waals surface area (Å²) in [5.74, 6) is 0.00417. The van der Waals surface area contributed by atoms with Gasteiger partial charge in [-0.1, -0.05) is 12.2 Å². The average Bonchev–Trinajstić information content (AvgIpc) is 2.48. The van der Waals surface area contributed by atoms with E-state index in [9.17, 15) is 4.79 Å². The lowest BCUT2D eigenvalue weighted by atomic mass is 10.0. The van der Waals surface area contributed by atoms with Crippen LogP contribution in [0.4, 0.5) is 5.69 Å². The molecule has 1 fully saturated rings. The summed E-state index contributed by atoms with van der Waals surface area (Å²) in [4.78, 5) is 17.0. The van der Waals surface area contributed by atoms with E-state index >= 15 is 0 Å². The van der Waals surface area contributed by atoms with E-state index in [1.807, 2.05) is 31.3 Å². The Balaban J connectivity index is 1.83. The summed E-state index contributed by atoms with van der Waals surface area (Å²) in [6.45, 7) is 2.60. The average molecular weight is 320 g/mol. The normalized spacial score (nSPS) is 16.7. The van der Waals surface area contributed by atoms with E-state index in [1.165, 1.54) is 0 Å². The smallest absolute Gasteiger partial charge is 0.238 e. The molecule has 1 aliphatic heterocycles. The Kier molecular flexibility index (Phi) is 5.88. The second-order valence-electron chi connectivity index (χ2n) is 5.94. The molecule has 0 aromatic heterocycles. The molecule has 1 heterocycles. The van der Waals surface area contributed by atoms with Crippen molar-refractivity contribution in [2.45, 2.75) is 18.9 Å². The quantitative estimate of drug-likeness (QED) is 0.801. The second-order valence-corrected chi connectivity index (χ2v) is 6.38. The Morgan fingerprint density at radius 2 is 1.95 bits per heavy atom. The van der Waals surface area contributed by atoms with Gasteiger partial charge in [-0.3, -0.25) is 9.69 Å². The fourth-order valence-electron chi connectivity index (χ4n) is 2.71. The first-order chi connectivity index (χ1) is 10.5. The Bertz CT molecular complexity index is 523. The molecule has 1 saturated heterocycles. The van der Waals surface area contributed by atoms with Gasteiger partial charge in [0.15, 0.2) is 0 Å². The number of rotatable bonds is 5. The predicted octanol–water partition coefficient (Wildman–Crippen LogP) is 1.29.